The summed E-state index contributed by atoms with van der Waals surface area (Å²) in [5.41, 5.74) is 1.28. The van der Waals surface area contributed by atoms with E-state index in [1.165, 1.54) is 0 Å². The third-order valence-electron chi connectivity index (χ3n) is 8.06. The molecule has 3 aromatic rings. The molecule has 0 spiro atoms. The minimum absolute atomic E-state index is 0.140. The second kappa shape index (κ2) is 15.5. The molecule has 4 rings (SSSR count). The van der Waals surface area contributed by atoms with Crippen molar-refractivity contribution in [3.05, 3.63) is 76.9 Å². The molecule has 1 amide bonds. The van der Waals surface area contributed by atoms with E-state index in [4.69, 9.17) is 16.3 Å². The minimum Gasteiger partial charge on any atom is -0.496 e. The van der Waals surface area contributed by atoms with Crippen LogP contribution in [0.15, 0.2) is 60.7 Å². The molecule has 4 N–H and O–H groups in total. The Balaban J connectivity index is 1.31. The van der Waals surface area contributed by atoms with Gasteiger partial charge in [0.1, 0.15) is 16.7 Å². The molecule has 44 heavy (non-hydrogen) atoms. The number of carbonyl (C=O) groups excluding carboxylic acids is 1. The number of nitrogens with zero attached hydrogens (tertiary/aromatic N) is 3. The van der Waals surface area contributed by atoms with Gasteiger partial charge in [-0.1, -0.05) is 54.1 Å². The Hall–Kier alpha value is -3.45. The molecule has 13 heteroatoms. The first kappa shape index (κ1) is 33.4. The number of hydrogen-bond donors (Lipinski definition) is 4. The molecule has 238 valence electrons. The highest BCUT2D eigenvalue weighted by Crippen LogP contribution is 2.39. The van der Waals surface area contributed by atoms with Gasteiger partial charge in [-0.05, 0) is 57.2 Å². The predicted molar refractivity (Wildman–Crippen MR) is 175 cm³/mol. The number of aromatic nitrogens is 2. The van der Waals surface area contributed by atoms with E-state index < -0.39 is 10.2 Å². The number of ether oxygens (including phenoxy) is 1. The van der Waals surface area contributed by atoms with Crippen LogP contribution in [0.3, 0.4) is 0 Å². The molecule has 1 saturated carbocycles. The highest BCUT2D eigenvalue weighted by molar-refractivity contribution is 7.87. The van der Waals surface area contributed by atoms with Crippen LogP contribution in [0.5, 0.6) is 5.75 Å². The first-order valence-electron chi connectivity index (χ1n) is 15.0. The van der Waals surface area contributed by atoms with Gasteiger partial charge in [-0.3, -0.25) is 4.79 Å². The zero-order valence-corrected chi connectivity index (χ0v) is 27.0. The number of hydrogen-bond acceptors (Lipinski definition) is 8. The Morgan fingerprint density at radius 2 is 1.70 bits per heavy atom. The van der Waals surface area contributed by atoms with Crippen molar-refractivity contribution in [2.45, 2.75) is 51.0 Å². The maximum Gasteiger partial charge on any atom is 0.277 e. The molecule has 2 aromatic carbocycles. The van der Waals surface area contributed by atoms with Gasteiger partial charge in [0.05, 0.1) is 12.7 Å². The van der Waals surface area contributed by atoms with Crippen LogP contribution in [0.2, 0.25) is 5.15 Å². The van der Waals surface area contributed by atoms with Crippen molar-refractivity contribution in [2.24, 2.45) is 0 Å². The van der Waals surface area contributed by atoms with Crippen molar-refractivity contribution < 1.29 is 17.9 Å². The van der Waals surface area contributed by atoms with Gasteiger partial charge < -0.3 is 20.3 Å². The number of anilines is 2. The van der Waals surface area contributed by atoms with E-state index in [1.807, 2.05) is 38.1 Å². The van der Waals surface area contributed by atoms with Gasteiger partial charge in [0.2, 0.25) is 5.95 Å². The number of carbonyl (C=O) groups is 1. The summed E-state index contributed by atoms with van der Waals surface area (Å²) < 4.78 is 36.5. The maximum atomic E-state index is 13.1. The third-order valence-corrected chi connectivity index (χ3v) is 9.48. The number of benzene rings is 2. The smallest absolute Gasteiger partial charge is 0.277 e. The van der Waals surface area contributed by atoms with Crippen molar-refractivity contribution in [2.75, 3.05) is 50.1 Å². The standard InChI is InChI=1S/C31H42ClN7O4S/c1-4-39(5-2)28-21-27(32)36-30(37-28)33-19-20-35-44(41,42)38-24-15-17-31(18-16-24,23-11-7-6-8-12-23)22-34-29(40)25-13-9-10-14-26(25)43-3/h6-14,21,24,35,38H,4-5,15-20,22H2,1-3H3,(H,34,40)(H,33,36,37). The van der Waals surface area contributed by atoms with Crippen molar-refractivity contribution in [3.8, 4) is 5.75 Å². The van der Waals surface area contributed by atoms with Gasteiger partial charge in [-0.25, -0.2) is 9.71 Å². The second-order valence-electron chi connectivity index (χ2n) is 10.8. The molecule has 0 aliphatic heterocycles. The molecule has 1 aliphatic rings. The lowest BCUT2D eigenvalue weighted by Gasteiger charge is -2.41. The van der Waals surface area contributed by atoms with Crippen LogP contribution in [0, 0.1) is 0 Å². The van der Waals surface area contributed by atoms with Gasteiger partial charge in [0, 0.05) is 50.2 Å². The lowest BCUT2D eigenvalue weighted by Crippen LogP contribution is -2.49. The van der Waals surface area contributed by atoms with E-state index in [0.717, 1.165) is 18.7 Å². The summed E-state index contributed by atoms with van der Waals surface area (Å²) in [7, 11) is -2.20. The highest BCUT2D eigenvalue weighted by atomic mass is 35.5. The summed E-state index contributed by atoms with van der Waals surface area (Å²) in [6, 6.07) is 18.7. The summed E-state index contributed by atoms with van der Waals surface area (Å²) >= 11 is 6.17. The number of methoxy groups -OCH3 is 1. The zero-order chi connectivity index (χ0) is 31.6. The Morgan fingerprint density at radius 1 is 1.02 bits per heavy atom. The molecule has 1 aromatic heterocycles. The number of halogens is 1. The van der Waals surface area contributed by atoms with Gasteiger partial charge in [0.15, 0.2) is 0 Å². The highest BCUT2D eigenvalue weighted by Gasteiger charge is 2.38. The molecular formula is C31H42ClN7O4S. The maximum absolute atomic E-state index is 13.1. The Labute approximate surface area is 265 Å². The number of nitrogens with one attached hydrogen (secondary N) is 4. The summed E-state index contributed by atoms with van der Waals surface area (Å²) in [6.45, 7) is 6.47. The second-order valence-corrected chi connectivity index (χ2v) is 12.7. The first-order chi connectivity index (χ1) is 21.2. The van der Waals surface area contributed by atoms with Gasteiger partial charge in [0.25, 0.3) is 16.1 Å². The van der Waals surface area contributed by atoms with Crippen molar-refractivity contribution in [1.82, 2.24) is 24.7 Å². The average molecular weight is 644 g/mol. The molecule has 0 atom stereocenters. The summed E-state index contributed by atoms with van der Waals surface area (Å²) in [5, 5.41) is 6.48. The number of amides is 1. The number of para-hydroxylation sites is 1. The third kappa shape index (κ3) is 8.81. The largest absolute Gasteiger partial charge is 0.496 e. The van der Waals surface area contributed by atoms with Gasteiger partial charge in [-0.15, -0.1) is 0 Å². The molecule has 1 fully saturated rings. The van der Waals surface area contributed by atoms with Crippen LogP contribution < -0.4 is 29.7 Å². The minimum atomic E-state index is -3.74. The molecule has 1 heterocycles. The Morgan fingerprint density at radius 3 is 2.39 bits per heavy atom. The lowest BCUT2D eigenvalue weighted by molar-refractivity contribution is 0.0932. The monoisotopic (exact) mass is 643 g/mol. The predicted octanol–water partition coefficient (Wildman–Crippen LogP) is 4.13. The zero-order valence-electron chi connectivity index (χ0n) is 25.5. The van der Waals surface area contributed by atoms with Crippen LogP contribution in [0.4, 0.5) is 11.8 Å². The molecule has 11 nitrogen and oxygen atoms in total. The fraction of sp³-hybridized carbons (Fsp3) is 0.452. The van der Waals surface area contributed by atoms with Gasteiger partial charge in [-0.2, -0.15) is 18.1 Å². The van der Waals surface area contributed by atoms with E-state index >= 15 is 0 Å². The van der Waals surface area contributed by atoms with Crippen molar-refractivity contribution in [3.63, 3.8) is 0 Å². The fourth-order valence-corrected chi connectivity index (χ4v) is 6.95. The average Bonchev–Trinajstić information content (AvgIpc) is 3.03. The summed E-state index contributed by atoms with van der Waals surface area (Å²) in [6.07, 6.45) is 2.67. The van der Waals surface area contributed by atoms with E-state index in [-0.39, 0.29) is 30.5 Å². The van der Waals surface area contributed by atoms with E-state index in [2.05, 4.69) is 47.1 Å². The van der Waals surface area contributed by atoms with E-state index in [1.54, 1.807) is 31.4 Å². The SMILES string of the molecule is CCN(CC)c1cc(Cl)nc(NCCNS(=O)(=O)NC2CCC(CNC(=O)c3ccccc3OC)(c3ccccc3)CC2)n1. The topological polar surface area (TPSA) is 138 Å². The van der Waals surface area contributed by atoms with Crippen LogP contribution in [0.25, 0.3) is 0 Å². The molecule has 0 unspecified atom stereocenters. The molecule has 0 saturated heterocycles. The van der Waals surface area contributed by atoms with Crippen molar-refractivity contribution >= 4 is 39.5 Å². The van der Waals surface area contributed by atoms with Crippen LogP contribution >= 0.6 is 11.6 Å². The Bertz CT molecular complexity index is 1480. The molecular weight excluding hydrogens is 602 g/mol. The summed E-state index contributed by atoms with van der Waals surface area (Å²) in [5.74, 6) is 1.37. The van der Waals surface area contributed by atoms with Crippen molar-refractivity contribution in [1.29, 1.82) is 0 Å². The summed E-state index contributed by atoms with van der Waals surface area (Å²) in [4.78, 5) is 23.8. The molecule has 1 aliphatic carbocycles. The van der Waals surface area contributed by atoms with Gasteiger partial charge >= 0.3 is 0 Å². The Kier molecular flexibility index (Phi) is 11.8. The van der Waals surface area contributed by atoms with Crippen LogP contribution in [-0.2, 0) is 15.6 Å². The first-order valence-corrected chi connectivity index (χ1v) is 16.8. The fourth-order valence-electron chi connectivity index (χ4n) is 5.64. The molecule has 0 radical (unpaired) electrons. The van der Waals surface area contributed by atoms with Crippen LogP contribution in [0.1, 0.15) is 55.5 Å². The normalized spacial score (nSPS) is 18.4. The molecule has 0 bridgehead atoms. The number of rotatable bonds is 15. The van der Waals surface area contributed by atoms with Crippen LogP contribution in [-0.4, -0.2) is 70.2 Å². The lowest BCUT2D eigenvalue weighted by atomic mass is 9.68. The van der Waals surface area contributed by atoms with E-state index in [9.17, 15) is 13.2 Å². The van der Waals surface area contributed by atoms with E-state index in [0.29, 0.717) is 60.5 Å². The quantitative estimate of drug-likeness (QED) is 0.143.